The number of aliphatic carboxylic acids is 1. The number of benzene rings is 2. The molecule has 4 amide bonds. The number of hydrazine groups is 1. The summed E-state index contributed by atoms with van der Waals surface area (Å²) in [5.41, 5.74) is 1.84. The molecular weight excluding hydrogens is 462 g/mol. The molecule has 2 heterocycles. The lowest BCUT2D eigenvalue weighted by atomic mass is 9.98. The molecule has 190 valence electrons. The van der Waals surface area contributed by atoms with E-state index in [1.165, 1.54) is 9.91 Å². The van der Waals surface area contributed by atoms with Crippen molar-refractivity contribution in [2.24, 2.45) is 0 Å². The number of carbonyl (C=O) groups is 4. The quantitative estimate of drug-likeness (QED) is 0.610. The zero-order valence-corrected chi connectivity index (χ0v) is 20.4. The molecule has 0 aliphatic carbocycles. The van der Waals surface area contributed by atoms with Gasteiger partial charge in [0.1, 0.15) is 12.2 Å². The molecule has 3 unspecified atom stereocenters. The summed E-state index contributed by atoms with van der Waals surface area (Å²) in [5.74, 6) is -1.68. The van der Waals surface area contributed by atoms with Gasteiger partial charge in [0.25, 0.3) is 0 Å². The molecule has 2 saturated heterocycles. The van der Waals surface area contributed by atoms with Crippen LogP contribution in [0.2, 0.25) is 0 Å². The average Bonchev–Trinajstić information content (AvgIpc) is 2.87. The van der Waals surface area contributed by atoms with Crippen LogP contribution >= 0.6 is 0 Å². The Morgan fingerprint density at radius 1 is 1.06 bits per heavy atom. The number of carbonyl (C=O) groups excluding carboxylic acids is 3. The number of hydrogen-bond donors (Lipinski definition) is 2. The summed E-state index contributed by atoms with van der Waals surface area (Å²) < 4.78 is 0. The van der Waals surface area contributed by atoms with E-state index in [2.05, 4.69) is 5.32 Å². The Kier molecular flexibility index (Phi) is 7.54. The van der Waals surface area contributed by atoms with Crippen LogP contribution in [0.15, 0.2) is 60.7 Å². The van der Waals surface area contributed by atoms with Gasteiger partial charge in [-0.1, -0.05) is 60.7 Å². The highest BCUT2D eigenvalue weighted by Gasteiger charge is 2.51. The monoisotopic (exact) mass is 493 g/mol. The molecule has 3 atom stereocenters. The number of carboxylic acids is 1. The van der Waals surface area contributed by atoms with Crippen LogP contribution in [-0.2, 0) is 20.9 Å². The van der Waals surface area contributed by atoms with E-state index < -0.39 is 24.2 Å². The molecular formula is C26H31N5O5. The van der Waals surface area contributed by atoms with Crippen LogP contribution in [0.1, 0.15) is 36.9 Å². The fourth-order valence-corrected chi connectivity index (χ4v) is 4.92. The van der Waals surface area contributed by atoms with Gasteiger partial charge in [0.15, 0.2) is 0 Å². The molecule has 0 saturated carbocycles. The van der Waals surface area contributed by atoms with Crippen LogP contribution in [0.25, 0.3) is 0 Å². The first-order valence-corrected chi connectivity index (χ1v) is 12.0. The molecule has 36 heavy (non-hydrogen) atoms. The van der Waals surface area contributed by atoms with Crippen molar-refractivity contribution < 1.29 is 24.3 Å². The van der Waals surface area contributed by atoms with Crippen molar-refractivity contribution in [3.05, 3.63) is 71.8 Å². The van der Waals surface area contributed by atoms with Crippen molar-refractivity contribution >= 4 is 23.8 Å². The van der Waals surface area contributed by atoms with Gasteiger partial charge in [-0.2, -0.15) is 0 Å². The fourth-order valence-electron chi connectivity index (χ4n) is 4.92. The Morgan fingerprint density at radius 2 is 1.69 bits per heavy atom. The Morgan fingerprint density at radius 3 is 2.33 bits per heavy atom. The highest BCUT2D eigenvalue weighted by Crippen LogP contribution is 2.32. The van der Waals surface area contributed by atoms with Crippen molar-refractivity contribution in [1.29, 1.82) is 0 Å². The van der Waals surface area contributed by atoms with E-state index in [-0.39, 0.29) is 43.8 Å². The second-order valence-corrected chi connectivity index (χ2v) is 9.11. The normalized spacial score (nSPS) is 21.2. The third-order valence-electron chi connectivity index (χ3n) is 6.76. The van der Waals surface area contributed by atoms with Gasteiger partial charge in [-0.15, -0.1) is 0 Å². The van der Waals surface area contributed by atoms with Crippen LogP contribution in [0.4, 0.5) is 4.79 Å². The summed E-state index contributed by atoms with van der Waals surface area (Å²) in [6.07, 6.45) is -1.07. The minimum atomic E-state index is -1.05. The Labute approximate surface area is 210 Å². The molecule has 2 aromatic carbocycles. The summed E-state index contributed by atoms with van der Waals surface area (Å²) in [6.45, 7) is 2.20. The fraction of sp³-hybridized carbons (Fsp3) is 0.385. The number of amides is 4. The molecule has 4 rings (SSSR count). The summed E-state index contributed by atoms with van der Waals surface area (Å²) >= 11 is 0. The lowest BCUT2D eigenvalue weighted by Gasteiger charge is -2.55. The largest absolute Gasteiger partial charge is 0.481 e. The predicted molar refractivity (Wildman–Crippen MR) is 131 cm³/mol. The van der Waals surface area contributed by atoms with E-state index in [1.54, 1.807) is 17.0 Å². The highest BCUT2D eigenvalue weighted by molar-refractivity contribution is 5.92. The van der Waals surface area contributed by atoms with Gasteiger partial charge in [0.05, 0.1) is 19.1 Å². The molecule has 2 aromatic rings. The molecule has 0 spiro atoms. The van der Waals surface area contributed by atoms with Gasteiger partial charge >= 0.3 is 12.0 Å². The maximum absolute atomic E-state index is 13.6. The number of nitrogens with one attached hydrogen (secondary N) is 1. The van der Waals surface area contributed by atoms with Crippen LogP contribution in [0, 0.1) is 0 Å². The van der Waals surface area contributed by atoms with E-state index in [4.69, 9.17) is 0 Å². The molecule has 2 fully saturated rings. The standard InChI is InChI=1S/C26H31N5O5/c1-18(20-11-7-4-8-12-20)29-16-22-30(21(25(29)35)13-14-24(33)34)23(32)17-28(2)31(22)26(36)27-15-19-9-5-3-6-10-19/h3-12,18,21-22H,13-17H2,1-2H3,(H,27,36)(H,33,34). The summed E-state index contributed by atoms with van der Waals surface area (Å²) in [7, 11) is 1.66. The number of nitrogens with zero attached hydrogens (tertiary/aromatic N) is 4. The van der Waals surface area contributed by atoms with E-state index in [0.29, 0.717) is 6.54 Å². The first-order valence-electron chi connectivity index (χ1n) is 12.0. The van der Waals surface area contributed by atoms with Crippen LogP contribution in [0.3, 0.4) is 0 Å². The first kappa shape index (κ1) is 25.2. The lowest BCUT2D eigenvalue weighted by molar-refractivity contribution is -0.189. The zero-order chi connectivity index (χ0) is 25.8. The molecule has 0 radical (unpaired) electrons. The van der Waals surface area contributed by atoms with Gasteiger partial charge < -0.3 is 20.2 Å². The Hall–Kier alpha value is -3.92. The first-order chi connectivity index (χ1) is 17.3. The lowest BCUT2D eigenvalue weighted by Crippen LogP contribution is -2.76. The second kappa shape index (κ2) is 10.8. The number of carboxylic acid groups (broad SMARTS) is 1. The average molecular weight is 494 g/mol. The number of rotatable bonds is 7. The molecule has 2 N–H and O–H groups in total. The SMILES string of the molecule is CC(c1ccccc1)N1CC2N(C(=O)CN(C)N2C(=O)NCc2ccccc2)C(CCC(=O)O)C1=O. The van der Waals surface area contributed by atoms with Crippen molar-refractivity contribution in [2.45, 2.75) is 44.6 Å². The summed E-state index contributed by atoms with van der Waals surface area (Å²) in [6, 6.07) is 17.3. The molecule has 0 aromatic heterocycles. The van der Waals surface area contributed by atoms with Crippen molar-refractivity contribution in [3.63, 3.8) is 0 Å². The second-order valence-electron chi connectivity index (χ2n) is 9.11. The molecule has 10 heteroatoms. The number of piperazine rings is 1. The molecule has 2 aliphatic heterocycles. The topological polar surface area (TPSA) is 114 Å². The van der Waals surface area contributed by atoms with E-state index in [1.807, 2.05) is 67.6 Å². The third-order valence-corrected chi connectivity index (χ3v) is 6.76. The number of fused-ring (bicyclic) bond motifs is 1. The maximum atomic E-state index is 13.6. The smallest absolute Gasteiger partial charge is 0.334 e. The Bertz CT molecular complexity index is 1110. The number of likely N-dealkylation sites (N-methyl/N-ethyl adjacent to an activating group) is 1. The van der Waals surface area contributed by atoms with Gasteiger partial charge in [-0.25, -0.2) is 14.8 Å². The van der Waals surface area contributed by atoms with Crippen LogP contribution in [-0.4, -0.2) is 81.1 Å². The minimum Gasteiger partial charge on any atom is -0.481 e. The maximum Gasteiger partial charge on any atom is 0.334 e. The van der Waals surface area contributed by atoms with Gasteiger partial charge in [0.2, 0.25) is 11.8 Å². The molecule has 10 nitrogen and oxygen atoms in total. The van der Waals surface area contributed by atoms with E-state index in [9.17, 15) is 24.3 Å². The van der Waals surface area contributed by atoms with Crippen LogP contribution < -0.4 is 5.32 Å². The van der Waals surface area contributed by atoms with E-state index >= 15 is 0 Å². The summed E-state index contributed by atoms with van der Waals surface area (Å²) in [5, 5.41) is 15.2. The third kappa shape index (κ3) is 5.18. The number of urea groups is 1. The van der Waals surface area contributed by atoms with Crippen molar-refractivity contribution in [1.82, 2.24) is 25.1 Å². The van der Waals surface area contributed by atoms with Crippen LogP contribution in [0.5, 0.6) is 0 Å². The van der Waals surface area contributed by atoms with Gasteiger partial charge in [0, 0.05) is 20.0 Å². The Balaban J connectivity index is 1.64. The van der Waals surface area contributed by atoms with Gasteiger partial charge in [-0.3, -0.25) is 14.4 Å². The van der Waals surface area contributed by atoms with E-state index in [0.717, 1.165) is 11.1 Å². The zero-order valence-electron chi connectivity index (χ0n) is 20.4. The minimum absolute atomic E-state index is 0.0302. The predicted octanol–water partition coefficient (Wildman–Crippen LogP) is 2.05. The number of hydrogen-bond acceptors (Lipinski definition) is 5. The summed E-state index contributed by atoms with van der Waals surface area (Å²) in [4.78, 5) is 54.6. The highest BCUT2D eigenvalue weighted by atomic mass is 16.4. The van der Waals surface area contributed by atoms with Crippen molar-refractivity contribution in [2.75, 3.05) is 20.1 Å². The van der Waals surface area contributed by atoms with Crippen molar-refractivity contribution in [3.8, 4) is 0 Å². The molecule has 0 bridgehead atoms. The molecule has 2 aliphatic rings. The van der Waals surface area contributed by atoms with Gasteiger partial charge in [-0.05, 0) is 24.5 Å².